The van der Waals surface area contributed by atoms with Crippen LogP contribution in [0.15, 0.2) is 24.3 Å². The average molecular weight is 289 g/mol. The standard InChI is InChI=1S/C15H19N3O3/c1-10-7-17(8-11(2)21-10)9-18-13-6-4-3-5-12(13)14(16-18)15(19)20/h3-6,10-11H,7-9H2,1-2H3,(H,19,20)/t10-,11+. The number of quaternary nitrogens is 1. The summed E-state index contributed by atoms with van der Waals surface area (Å²) in [6.07, 6.45) is 0.400. The van der Waals surface area contributed by atoms with E-state index in [1.165, 1.54) is 4.90 Å². The number of rotatable bonds is 3. The molecule has 1 saturated heterocycles. The van der Waals surface area contributed by atoms with Gasteiger partial charge in [0.2, 0.25) is 0 Å². The maximum Gasteiger partial charge on any atom is 0.173 e. The fraction of sp³-hybridized carbons (Fsp3) is 0.467. The van der Waals surface area contributed by atoms with Crippen LogP contribution in [0.25, 0.3) is 10.9 Å². The summed E-state index contributed by atoms with van der Waals surface area (Å²) in [5.74, 6) is -1.23. The van der Waals surface area contributed by atoms with E-state index in [0.29, 0.717) is 12.1 Å². The normalized spacial score (nSPS) is 26.1. The van der Waals surface area contributed by atoms with Gasteiger partial charge in [0.1, 0.15) is 31.0 Å². The number of morpholine rings is 1. The van der Waals surface area contributed by atoms with E-state index in [1.54, 1.807) is 10.7 Å². The number of carbonyl (C=O) groups excluding carboxylic acids is 1. The van der Waals surface area contributed by atoms with Gasteiger partial charge in [-0.2, -0.15) is 5.10 Å². The smallest absolute Gasteiger partial charge is 0.173 e. The molecule has 0 bridgehead atoms. The predicted octanol–water partition coefficient (Wildman–Crippen LogP) is -0.951. The molecule has 3 rings (SSSR count). The van der Waals surface area contributed by atoms with E-state index >= 15 is 0 Å². The molecule has 0 amide bonds. The zero-order valence-corrected chi connectivity index (χ0v) is 12.2. The number of nitrogens with zero attached hydrogens (tertiary/aromatic N) is 2. The van der Waals surface area contributed by atoms with E-state index in [1.807, 2.05) is 18.2 Å². The molecule has 112 valence electrons. The Morgan fingerprint density at radius 2 is 2.05 bits per heavy atom. The second-order valence-electron chi connectivity index (χ2n) is 5.73. The van der Waals surface area contributed by atoms with E-state index in [4.69, 9.17) is 4.74 Å². The van der Waals surface area contributed by atoms with Crippen molar-refractivity contribution in [1.29, 1.82) is 0 Å². The lowest BCUT2D eigenvalue weighted by Gasteiger charge is -2.32. The summed E-state index contributed by atoms with van der Waals surface area (Å²) in [7, 11) is 0. The monoisotopic (exact) mass is 289 g/mol. The topological polar surface area (TPSA) is 71.6 Å². The third-order valence-electron chi connectivity index (χ3n) is 3.84. The first-order chi connectivity index (χ1) is 10.0. The van der Waals surface area contributed by atoms with Crippen molar-refractivity contribution in [2.45, 2.75) is 32.7 Å². The fourth-order valence-corrected chi connectivity index (χ4v) is 3.13. The number of aromatic nitrogens is 2. The molecule has 0 saturated carbocycles. The van der Waals surface area contributed by atoms with Gasteiger partial charge in [-0.25, -0.2) is 4.68 Å². The summed E-state index contributed by atoms with van der Waals surface area (Å²) >= 11 is 0. The van der Waals surface area contributed by atoms with Crippen molar-refractivity contribution < 1.29 is 19.5 Å². The van der Waals surface area contributed by atoms with E-state index in [0.717, 1.165) is 18.6 Å². The van der Waals surface area contributed by atoms with Gasteiger partial charge in [-0.15, -0.1) is 0 Å². The number of benzene rings is 1. The van der Waals surface area contributed by atoms with Crippen LogP contribution in [0.4, 0.5) is 0 Å². The summed E-state index contributed by atoms with van der Waals surface area (Å²) in [5.41, 5.74) is 0.843. The van der Waals surface area contributed by atoms with Crippen molar-refractivity contribution in [2.24, 2.45) is 0 Å². The lowest BCUT2D eigenvalue weighted by molar-refractivity contribution is -0.937. The second kappa shape index (κ2) is 5.46. The van der Waals surface area contributed by atoms with Gasteiger partial charge >= 0.3 is 0 Å². The van der Waals surface area contributed by atoms with Crippen molar-refractivity contribution >= 4 is 16.9 Å². The van der Waals surface area contributed by atoms with Gasteiger partial charge in [-0.3, -0.25) is 0 Å². The van der Waals surface area contributed by atoms with Crippen molar-refractivity contribution in [3.05, 3.63) is 30.0 Å². The Morgan fingerprint density at radius 3 is 2.71 bits per heavy atom. The van der Waals surface area contributed by atoms with E-state index in [-0.39, 0.29) is 17.9 Å². The zero-order valence-electron chi connectivity index (χ0n) is 12.2. The highest BCUT2D eigenvalue weighted by molar-refractivity contribution is 6.00. The molecule has 0 radical (unpaired) electrons. The number of hydrogen-bond acceptors (Lipinski definition) is 4. The summed E-state index contributed by atoms with van der Waals surface area (Å²) in [4.78, 5) is 12.5. The minimum Gasteiger partial charge on any atom is -0.543 e. The molecule has 21 heavy (non-hydrogen) atoms. The molecular weight excluding hydrogens is 270 g/mol. The highest BCUT2D eigenvalue weighted by Gasteiger charge is 2.26. The number of nitrogens with one attached hydrogen (secondary N) is 1. The molecule has 1 aromatic heterocycles. The first-order valence-electron chi connectivity index (χ1n) is 7.20. The van der Waals surface area contributed by atoms with Gasteiger partial charge in [0.15, 0.2) is 6.67 Å². The predicted molar refractivity (Wildman–Crippen MR) is 74.8 cm³/mol. The van der Waals surface area contributed by atoms with Crippen LogP contribution >= 0.6 is 0 Å². The Morgan fingerprint density at radius 1 is 1.38 bits per heavy atom. The van der Waals surface area contributed by atoms with E-state index in [9.17, 15) is 9.90 Å². The van der Waals surface area contributed by atoms with Gasteiger partial charge in [0.25, 0.3) is 0 Å². The summed E-state index contributed by atoms with van der Waals surface area (Å²) < 4.78 is 7.49. The quantitative estimate of drug-likeness (QED) is 0.791. The van der Waals surface area contributed by atoms with E-state index < -0.39 is 5.97 Å². The number of ether oxygens (including phenoxy) is 1. The van der Waals surface area contributed by atoms with Crippen molar-refractivity contribution in [3.63, 3.8) is 0 Å². The number of fused-ring (bicyclic) bond motifs is 1. The molecule has 1 fully saturated rings. The number of aromatic carboxylic acids is 1. The molecule has 6 heteroatoms. The van der Waals surface area contributed by atoms with Gasteiger partial charge in [0.05, 0.1) is 11.5 Å². The Hall–Kier alpha value is -1.92. The maximum atomic E-state index is 11.2. The van der Waals surface area contributed by atoms with Crippen LogP contribution in [-0.4, -0.2) is 41.0 Å². The first kappa shape index (κ1) is 14.0. The Labute approximate surface area is 122 Å². The molecule has 1 aliphatic heterocycles. The molecule has 1 aromatic carbocycles. The molecule has 0 aliphatic carbocycles. The van der Waals surface area contributed by atoms with Crippen LogP contribution in [0.5, 0.6) is 0 Å². The third-order valence-corrected chi connectivity index (χ3v) is 3.84. The van der Waals surface area contributed by atoms with Crippen LogP contribution in [0, 0.1) is 0 Å². The lowest BCUT2D eigenvalue weighted by Crippen LogP contribution is -3.14. The van der Waals surface area contributed by atoms with Crippen LogP contribution in [-0.2, 0) is 11.4 Å². The van der Waals surface area contributed by atoms with Gasteiger partial charge in [-0.1, -0.05) is 18.2 Å². The molecule has 6 nitrogen and oxygen atoms in total. The molecule has 2 heterocycles. The molecule has 3 atom stereocenters. The second-order valence-corrected chi connectivity index (χ2v) is 5.73. The molecule has 1 N–H and O–H groups in total. The summed E-state index contributed by atoms with van der Waals surface area (Å²) in [5, 5.41) is 16.1. The van der Waals surface area contributed by atoms with Gasteiger partial charge in [-0.05, 0) is 19.9 Å². The number of carboxylic acids is 1. The minimum absolute atomic E-state index is 0.0133. The first-order valence-corrected chi connectivity index (χ1v) is 7.20. The molecular formula is C15H19N3O3. The zero-order chi connectivity index (χ0) is 15.0. The Kier molecular flexibility index (Phi) is 3.65. The highest BCUT2D eigenvalue weighted by Crippen LogP contribution is 2.17. The number of para-hydroxylation sites is 1. The van der Waals surface area contributed by atoms with Crippen molar-refractivity contribution in [1.82, 2.24) is 9.78 Å². The van der Waals surface area contributed by atoms with Crippen molar-refractivity contribution in [3.8, 4) is 0 Å². The fourth-order valence-electron chi connectivity index (χ4n) is 3.13. The Balaban J connectivity index is 1.92. The molecule has 2 aromatic rings. The van der Waals surface area contributed by atoms with Crippen LogP contribution in [0.1, 0.15) is 24.3 Å². The Bertz CT molecular complexity index is 657. The summed E-state index contributed by atoms with van der Waals surface area (Å²) in [6, 6.07) is 7.36. The summed E-state index contributed by atoms with van der Waals surface area (Å²) in [6.45, 7) is 6.52. The largest absolute Gasteiger partial charge is 0.543 e. The highest BCUT2D eigenvalue weighted by atomic mass is 16.5. The lowest BCUT2D eigenvalue weighted by atomic mass is 10.2. The van der Waals surface area contributed by atoms with Crippen molar-refractivity contribution in [2.75, 3.05) is 13.1 Å². The van der Waals surface area contributed by atoms with Crippen LogP contribution in [0.3, 0.4) is 0 Å². The number of carbonyl (C=O) groups is 1. The van der Waals surface area contributed by atoms with Gasteiger partial charge < -0.3 is 19.5 Å². The molecule has 0 spiro atoms. The average Bonchev–Trinajstić information content (AvgIpc) is 2.77. The molecule has 1 unspecified atom stereocenters. The molecule has 1 aliphatic rings. The third kappa shape index (κ3) is 2.77. The van der Waals surface area contributed by atoms with E-state index in [2.05, 4.69) is 18.9 Å². The SMILES string of the molecule is C[C@@H]1C[NH+](Cn2nc(C(=O)[O-])c3ccccc32)C[C@H](C)O1. The van der Waals surface area contributed by atoms with Crippen LogP contribution < -0.4 is 10.0 Å². The minimum atomic E-state index is -1.23. The van der Waals surface area contributed by atoms with Gasteiger partial charge in [0, 0.05) is 5.39 Å². The van der Waals surface area contributed by atoms with Crippen LogP contribution in [0.2, 0.25) is 0 Å². The maximum absolute atomic E-state index is 11.2. The number of hydrogen-bond donors (Lipinski definition) is 1. The number of carboxylic acid groups (broad SMARTS) is 1.